The van der Waals surface area contributed by atoms with Crippen molar-refractivity contribution in [2.75, 3.05) is 39.9 Å². The lowest BCUT2D eigenvalue weighted by atomic mass is 10.0. The first-order valence-corrected chi connectivity index (χ1v) is 7.14. The standard InChI is InChI=1S/C14H29N3O2/c1-14(2,3)17-9-7-16(8-10-17)13(18)12(15)6-5-11-19-4/h12H,5-11,15H2,1-4H3. The van der Waals surface area contributed by atoms with Crippen LogP contribution < -0.4 is 5.73 Å². The van der Waals surface area contributed by atoms with Gasteiger partial charge in [0.2, 0.25) is 5.91 Å². The van der Waals surface area contributed by atoms with Crippen LogP contribution in [0.25, 0.3) is 0 Å². The maximum absolute atomic E-state index is 12.2. The van der Waals surface area contributed by atoms with Crippen molar-refractivity contribution in [2.24, 2.45) is 5.73 Å². The van der Waals surface area contributed by atoms with Crippen molar-refractivity contribution in [1.82, 2.24) is 9.80 Å². The van der Waals surface area contributed by atoms with E-state index in [9.17, 15) is 4.79 Å². The van der Waals surface area contributed by atoms with Crippen LogP contribution in [0.4, 0.5) is 0 Å². The normalized spacial score (nSPS) is 19.5. The van der Waals surface area contributed by atoms with E-state index >= 15 is 0 Å². The van der Waals surface area contributed by atoms with Crippen molar-refractivity contribution < 1.29 is 9.53 Å². The van der Waals surface area contributed by atoms with Gasteiger partial charge in [-0.2, -0.15) is 0 Å². The van der Waals surface area contributed by atoms with Gasteiger partial charge in [0, 0.05) is 45.4 Å². The Hall–Kier alpha value is -0.650. The van der Waals surface area contributed by atoms with Crippen LogP contribution in [0.15, 0.2) is 0 Å². The molecule has 0 aromatic rings. The molecule has 1 fully saturated rings. The van der Waals surface area contributed by atoms with Crippen molar-refractivity contribution in [2.45, 2.75) is 45.2 Å². The average molecular weight is 271 g/mol. The average Bonchev–Trinajstić information content (AvgIpc) is 2.37. The predicted molar refractivity (Wildman–Crippen MR) is 77.0 cm³/mol. The fraction of sp³-hybridized carbons (Fsp3) is 0.929. The van der Waals surface area contributed by atoms with Crippen molar-refractivity contribution in [1.29, 1.82) is 0 Å². The van der Waals surface area contributed by atoms with Crippen molar-refractivity contribution in [3.63, 3.8) is 0 Å². The zero-order chi connectivity index (χ0) is 14.5. The van der Waals surface area contributed by atoms with Crippen molar-refractivity contribution >= 4 is 5.91 Å². The number of nitrogens with zero attached hydrogens (tertiary/aromatic N) is 2. The summed E-state index contributed by atoms with van der Waals surface area (Å²) in [7, 11) is 1.67. The fourth-order valence-corrected chi connectivity index (χ4v) is 2.40. The molecule has 5 heteroatoms. The molecular formula is C14H29N3O2. The Kier molecular flexibility index (Phi) is 6.23. The Labute approximate surface area is 117 Å². The highest BCUT2D eigenvalue weighted by molar-refractivity contribution is 5.81. The van der Waals surface area contributed by atoms with Crippen LogP contribution in [0.5, 0.6) is 0 Å². The first kappa shape index (κ1) is 16.4. The van der Waals surface area contributed by atoms with Gasteiger partial charge in [0.05, 0.1) is 6.04 Å². The number of carbonyl (C=O) groups excluding carboxylic acids is 1. The molecule has 1 unspecified atom stereocenters. The maximum Gasteiger partial charge on any atom is 0.239 e. The second-order valence-electron chi connectivity index (χ2n) is 6.22. The van der Waals surface area contributed by atoms with Crippen LogP contribution in [0.1, 0.15) is 33.6 Å². The first-order valence-electron chi connectivity index (χ1n) is 7.14. The molecule has 112 valence electrons. The third-order valence-corrected chi connectivity index (χ3v) is 3.72. The molecular weight excluding hydrogens is 242 g/mol. The van der Waals surface area contributed by atoms with E-state index in [4.69, 9.17) is 10.5 Å². The predicted octanol–water partition coefficient (Wildman–Crippen LogP) is 0.683. The topological polar surface area (TPSA) is 58.8 Å². The molecule has 0 radical (unpaired) electrons. The van der Waals surface area contributed by atoms with E-state index in [-0.39, 0.29) is 17.5 Å². The molecule has 0 bridgehead atoms. The van der Waals surface area contributed by atoms with Crippen LogP contribution in [0.2, 0.25) is 0 Å². The summed E-state index contributed by atoms with van der Waals surface area (Å²) >= 11 is 0. The Morgan fingerprint density at radius 2 is 1.84 bits per heavy atom. The summed E-state index contributed by atoms with van der Waals surface area (Å²) in [4.78, 5) is 16.5. The largest absolute Gasteiger partial charge is 0.385 e. The first-order chi connectivity index (χ1) is 8.86. The molecule has 1 aliphatic rings. The highest BCUT2D eigenvalue weighted by Gasteiger charge is 2.29. The number of ether oxygens (including phenoxy) is 1. The molecule has 1 amide bonds. The maximum atomic E-state index is 12.2. The minimum Gasteiger partial charge on any atom is -0.385 e. The summed E-state index contributed by atoms with van der Waals surface area (Å²) in [5.74, 6) is 0.0877. The fourth-order valence-electron chi connectivity index (χ4n) is 2.40. The van der Waals surface area contributed by atoms with E-state index in [0.717, 1.165) is 32.6 Å². The SMILES string of the molecule is COCCCC(N)C(=O)N1CCN(C(C)(C)C)CC1. The van der Waals surface area contributed by atoms with Crippen LogP contribution in [0, 0.1) is 0 Å². The lowest BCUT2D eigenvalue weighted by Crippen LogP contribution is -2.57. The third kappa shape index (κ3) is 5.09. The number of amides is 1. The molecule has 0 saturated carbocycles. The lowest BCUT2D eigenvalue weighted by molar-refractivity contribution is -0.135. The Morgan fingerprint density at radius 1 is 1.26 bits per heavy atom. The van der Waals surface area contributed by atoms with Crippen molar-refractivity contribution in [3.8, 4) is 0 Å². The van der Waals surface area contributed by atoms with Gasteiger partial charge in [-0.1, -0.05) is 0 Å². The van der Waals surface area contributed by atoms with Crippen LogP contribution >= 0.6 is 0 Å². The molecule has 1 atom stereocenters. The lowest BCUT2D eigenvalue weighted by Gasteiger charge is -2.42. The summed E-state index contributed by atoms with van der Waals surface area (Å²) in [6, 6.07) is -0.378. The van der Waals surface area contributed by atoms with Gasteiger partial charge in [0.15, 0.2) is 0 Å². The molecule has 19 heavy (non-hydrogen) atoms. The zero-order valence-corrected chi connectivity index (χ0v) is 12.8. The van der Waals surface area contributed by atoms with Gasteiger partial charge in [0.25, 0.3) is 0 Å². The number of hydrogen-bond acceptors (Lipinski definition) is 4. The Balaban J connectivity index is 2.36. The zero-order valence-electron chi connectivity index (χ0n) is 12.8. The molecule has 0 aliphatic carbocycles. The molecule has 1 saturated heterocycles. The number of rotatable bonds is 5. The quantitative estimate of drug-likeness (QED) is 0.747. The van der Waals surface area contributed by atoms with Crippen LogP contribution in [0.3, 0.4) is 0 Å². The van der Waals surface area contributed by atoms with E-state index in [1.54, 1.807) is 7.11 Å². The second-order valence-corrected chi connectivity index (χ2v) is 6.22. The van der Waals surface area contributed by atoms with Gasteiger partial charge in [-0.3, -0.25) is 9.69 Å². The minimum absolute atomic E-state index is 0.0877. The van der Waals surface area contributed by atoms with Gasteiger partial charge >= 0.3 is 0 Å². The molecule has 0 aromatic heterocycles. The van der Waals surface area contributed by atoms with Crippen LogP contribution in [-0.2, 0) is 9.53 Å². The molecule has 0 aromatic carbocycles. The molecule has 1 aliphatic heterocycles. The number of nitrogens with two attached hydrogens (primary N) is 1. The number of piperazine rings is 1. The second kappa shape index (κ2) is 7.22. The number of hydrogen-bond donors (Lipinski definition) is 1. The number of methoxy groups -OCH3 is 1. The molecule has 1 heterocycles. The van der Waals surface area contributed by atoms with Gasteiger partial charge in [-0.25, -0.2) is 0 Å². The Morgan fingerprint density at radius 3 is 2.32 bits per heavy atom. The smallest absolute Gasteiger partial charge is 0.239 e. The highest BCUT2D eigenvalue weighted by atomic mass is 16.5. The van der Waals surface area contributed by atoms with Crippen LogP contribution in [-0.4, -0.2) is 67.2 Å². The molecule has 0 spiro atoms. The van der Waals surface area contributed by atoms with E-state index in [2.05, 4.69) is 25.7 Å². The molecule has 2 N–H and O–H groups in total. The summed E-state index contributed by atoms with van der Waals surface area (Å²) in [5.41, 5.74) is 6.13. The summed E-state index contributed by atoms with van der Waals surface area (Å²) < 4.78 is 4.98. The van der Waals surface area contributed by atoms with Gasteiger partial charge < -0.3 is 15.4 Å². The van der Waals surface area contributed by atoms with E-state index in [1.165, 1.54) is 0 Å². The van der Waals surface area contributed by atoms with E-state index in [1.807, 2.05) is 4.90 Å². The monoisotopic (exact) mass is 271 g/mol. The minimum atomic E-state index is -0.378. The highest BCUT2D eigenvalue weighted by Crippen LogP contribution is 2.16. The summed E-state index contributed by atoms with van der Waals surface area (Å²) in [6.45, 7) is 10.7. The van der Waals surface area contributed by atoms with Crippen molar-refractivity contribution in [3.05, 3.63) is 0 Å². The van der Waals surface area contributed by atoms with Gasteiger partial charge in [0.1, 0.15) is 0 Å². The molecule has 1 rings (SSSR count). The summed E-state index contributed by atoms with van der Waals surface area (Å²) in [5, 5.41) is 0. The van der Waals surface area contributed by atoms with E-state index < -0.39 is 0 Å². The molecule has 5 nitrogen and oxygen atoms in total. The Bertz CT molecular complexity index is 281. The van der Waals surface area contributed by atoms with E-state index in [0.29, 0.717) is 13.0 Å². The van der Waals surface area contributed by atoms with Gasteiger partial charge in [-0.15, -0.1) is 0 Å². The van der Waals surface area contributed by atoms with Gasteiger partial charge in [-0.05, 0) is 33.6 Å². The third-order valence-electron chi connectivity index (χ3n) is 3.72. The number of carbonyl (C=O) groups is 1. The summed E-state index contributed by atoms with van der Waals surface area (Å²) in [6.07, 6.45) is 1.54.